The smallest absolute Gasteiger partial charge is 0.314 e. The highest BCUT2D eigenvalue weighted by molar-refractivity contribution is 8.03. The van der Waals surface area contributed by atoms with Gasteiger partial charge in [-0.25, -0.2) is 13.1 Å². The first-order chi connectivity index (χ1) is 18.9. The summed E-state index contributed by atoms with van der Waals surface area (Å²) in [5, 5.41) is 17.6. The normalized spacial score (nSPS) is 20.9. The maximum Gasteiger partial charge on any atom is 0.389 e. The molecule has 0 radical (unpaired) electrons. The highest BCUT2D eigenvalue weighted by Crippen LogP contribution is 2.35. The number of thioether (sulfide) groups is 2. The van der Waals surface area contributed by atoms with Crippen molar-refractivity contribution in [1.29, 1.82) is 10.5 Å². The maximum absolute atomic E-state index is 12.0. The van der Waals surface area contributed by atoms with Crippen LogP contribution in [0, 0.1) is 61.6 Å². The Bertz CT molecular complexity index is 919. The monoisotopic (exact) mass is 614 g/mol. The van der Waals surface area contributed by atoms with E-state index in [2.05, 4.69) is 15.8 Å². The molecule has 0 aromatic carbocycles. The molecule has 0 spiro atoms. The largest absolute Gasteiger partial charge is 0.389 e. The number of allylic oxidation sites excluding steroid dienone is 2. The Labute approximate surface area is 237 Å². The molecule has 0 aromatic heterocycles. The fraction of sp³-hybridized carbons (Fsp3) is 0.750. The average molecular weight is 615 g/mol. The highest BCUT2D eigenvalue weighted by atomic mass is 32.2. The lowest BCUT2D eigenvalue weighted by molar-refractivity contribution is -0.130. The predicted octanol–water partition coefficient (Wildman–Crippen LogP) is 8.49. The lowest BCUT2D eigenvalue weighted by Gasteiger charge is -2.26. The molecule has 0 aliphatic heterocycles. The van der Waals surface area contributed by atoms with Crippen molar-refractivity contribution in [1.82, 2.24) is 0 Å². The van der Waals surface area contributed by atoms with Gasteiger partial charge >= 0.3 is 12.4 Å². The number of halogens is 6. The van der Waals surface area contributed by atoms with Gasteiger partial charge < -0.3 is 9.69 Å². The Balaban J connectivity index is 0. The molecule has 0 aromatic rings. The number of hydrogen-bond acceptors (Lipinski definition) is 8. The van der Waals surface area contributed by atoms with Crippen molar-refractivity contribution in [3.05, 3.63) is 53.2 Å². The third kappa shape index (κ3) is 18.5. The number of nitrogens with zero attached hydrogens (tertiary/aromatic N) is 4. The molecule has 222 valence electrons. The Kier molecular flexibility index (Phi) is 21.6. The van der Waals surface area contributed by atoms with Gasteiger partial charge in [-0.15, -0.1) is 23.5 Å². The van der Waals surface area contributed by atoms with E-state index in [1.807, 2.05) is 6.07 Å². The molecule has 1 atom stereocenters. The quantitative estimate of drug-likeness (QED) is 0.159. The van der Waals surface area contributed by atoms with Crippen LogP contribution in [0.25, 0.3) is 9.69 Å². The van der Waals surface area contributed by atoms with Gasteiger partial charge in [0.15, 0.2) is 0 Å². The first-order valence-electron chi connectivity index (χ1n) is 11.9. The van der Waals surface area contributed by atoms with Crippen LogP contribution >= 0.6 is 23.5 Å². The van der Waals surface area contributed by atoms with Crippen molar-refractivity contribution < 1.29 is 26.3 Å². The van der Waals surface area contributed by atoms with Crippen LogP contribution in [0.2, 0.25) is 0 Å². The van der Waals surface area contributed by atoms with Gasteiger partial charge in [-0.05, 0) is 37.2 Å². The molecule has 40 heavy (non-hydrogen) atoms. The van der Waals surface area contributed by atoms with Crippen LogP contribution in [0.4, 0.5) is 26.3 Å². The number of rotatable bonds is 7. The van der Waals surface area contributed by atoms with Gasteiger partial charge in [0.1, 0.15) is 6.07 Å². The molecule has 2 aliphatic rings. The lowest BCUT2D eigenvalue weighted by Crippen LogP contribution is -2.24. The van der Waals surface area contributed by atoms with E-state index in [0.29, 0.717) is 30.6 Å². The minimum atomic E-state index is -4.17. The van der Waals surface area contributed by atoms with E-state index in [4.69, 9.17) is 43.5 Å². The summed E-state index contributed by atoms with van der Waals surface area (Å²) in [4.78, 5) is 35.3. The second kappa shape index (κ2) is 21.9. The SMILES string of the molecule is O=O.O=O.[C-]#[N+]C1CCC(=C(C#N)SCCC(F)(F)F)CC1.[C-]#[N+]C1CCC(C(C#N)SCCC(F)(F)F)CC1. The topological polar surface area (TPSA) is 125 Å². The summed E-state index contributed by atoms with van der Waals surface area (Å²) < 4.78 is 72.1. The van der Waals surface area contributed by atoms with Crippen molar-refractivity contribution in [2.24, 2.45) is 5.92 Å². The summed E-state index contributed by atoms with van der Waals surface area (Å²) >= 11 is 2.09. The van der Waals surface area contributed by atoms with Gasteiger partial charge in [0.25, 0.3) is 0 Å². The van der Waals surface area contributed by atoms with Gasteiger partial charge in [0.05, 0.1) is 29.1 Å². The molecule has 2 saturated carbocycles. The van der Waals surface area contributed by atoms with Crippen LogP contribution < -0.4 is 0 Å². The van der Waals surface area contributed by atoms with Crippen molar-refractivity contribution in [3.8, 4) is 12.1 Å². The van der Waals surface area contributed by atoms with Crippen LogP contribution in [0.3, 0.4) is 0 Å². The van der Waals surface area contributed by atoms with Crippen LogP contribution in [0.15, 0.2) is 10.5 Å². The Morgan fingerprint density at radius 2 is 1.27 bits per heavy atom. The molecular weight excluding hydrogens is 586 g/mol. The van der Waals surface area contributed by atoms with Crippen LogP contribution in [-0.4, -0.2) is 41.2 Å². The standard InChI is InChI=1S/C12H15F3N2S.C12H13F3N2S.2O2/c2*1-17-10-4-2-9(3-5-10)11(8-16)18-7-6-12(13,14)15;2*1-2/h9-11H,2-7H2;10H,2-7H2;;. The molecule has 0 saturated heterocycles. The average Bonchev–Trinajstić information content (AvgIpc) is 2.95. The molecular formula is C24H28F6N4O4S2. The predicted molar refractivity (Wildman–Crippen MR) is 143 cm³/mol. The van der Waals surface area contributed by atoms with E-state index >= 15 is 0 Å². The Hall–Kier alpha value is -2.82. The van der Waals surface area contributed by atoms with Crippen molar-refractivity contribution in [3.63, 3.8) is 0 Å². The summed E-state index contributed by atoms with van der Waals surface area (Å²) in [7, 11) is 0. The van der Waals surface area contributed by atoms with E-state index in [9.17, 15) is 26.3 Å². The zero-order valence-electron chi connectivity index (χ0n) is 21.3. The highest BCUT2D eigenvalue weighted by Gasteiger charge is 2.32. The third-order valence-electron chi connectivity index (χ3n) is 5.96. The van der Waals surface area contributed by atoms with Crippen LogP contribution in [0.1, 0.15) is 64.2 Å². The number of alkyl halides is 6. The zero-order chi connectivity index (χ0) is 31.2. The summed E-state index contributed by atoms with van der Waals surface area (Å²) in [6.07, 6.45) is -4.17. The molecule has 1 unspecified atom stereocenters. The summed E-state index contributed by atoms with van der Waals surface area (Å²) in [6.45, 7) is 13.8. The Morgan fingerprint density at radius 1 is 0.825 bits per heavy atom. The zero-order valence-corrected chi connectivity index (χ0v) is 22.9. The van der Waals surface area contributed by atoms with Crippen molar-refractivity contribution in [2.75, 3.05) is 11.5 Å². The van der Waals surface area contributed by atoms with Gasteiger partial charge in [0, 0.05) is 57.0 Å². The van der Waals surface area contributed by atoms with Crippen LogP contribution in [-0.2, 0) is 0 Å². The first kappa shape index (κ1) is 39.3. The van der Waals surface area contributed by atoms with Gasteiger partial charge in [-0.1, -0.05) is 0 Å². The molecule has 2 aliphatic carbocycles. The molecule has 16 heteroatoms. The second-order valence-corrected chi connectivity index (χ2v) is 11.0. The fourth-order valence-electron chi connectivity index (χ4n) is 3.90. The lowest BCUT2D eigenvalue weighted by atomic mass is 9.84. The first-order valence-corrected chi connectivity index (χ1v) is 13.9. The maximum atomic E-state index is 12.0. The second-order valence-electron chi connectivity index (χ2n) is 8.60. The molecule has 8 nitrogen and oxygen atoms in total. The summed E-state index contributed by atoms with van der Waals surface area (Å²) in [6, 6.07) is 4.15. The van der Waals surface area contributed by atoms with Crippen LogP contribution in [0.5, 0.6) is 0 Å². The van der Waals surface area contributed by atoms with E-state index in [0.717, 1.165) is 54.8 Å². The van der Waals surface area contributed by atoms with E-state index in [-0.39, 0.29) is 34.8 Å². The van der Waals surface area contributed by atoms with E-state index in [1.54, 1.807) is 0 Å². The van der Waals surface area contributed by atoms with E-state index in [1.165, 1.54) is 0 Å². The molecule has 0 N–H and O–H groups in total. The fourth-order valence-corrected chi connectivity index (χ4v) is 6.14. The molecule has 0 amide bonds. The van der Waals surface area contributed by atoms with Crippen molar-refractivity contribution >= 4 is 23.5 Å². The van der Waals surface area contributed by atoms with Crippen molar-refractivity contribution in [2.45, 2.75) is 93.9 Å². The molecule has 2 rings (SSSR count). The Morgan fingerprint density at radius 3 is 1.68 bits per heavy atom. The minimum Gasteiger partial charge on any atom is -0.314 e. The van der Waals surface area contributed by atoms with Gasteiger partial charge in [0.2, 0.25) is 12.1 Å². The third-order valence-corrected chi connectivity index (χ3v) is 8.32. The summed E-state index contributed by atoms with van der Waals surface area (Å²) in [5.41, 5.74) is 0.921. The molecule has 0 bridgehead atoms. The van der Waals surface area contributed by atoms with Gasteiger partial charge in [-0.2, -0.15) is 36.9 Å². The minimum absolute atomic E-state index is 0.00821. The number of nitriles is 2. The van der Waals surface area contributed by atoms with E-state index < -0.39 is 25.2 Å². The summed E-state index contributed by atoms with van der Waals surface area (Å²) in [5.74, 6) is -0.0154. The molecule has 0 heterocycles. The molecule has 2 fully saturated rings. The van der Waals surface area contributed by atoms with Gasteiger partial charge in [-0.3, -0.25) is 0 Å². The number of hydrogen-bond donors (Lipinski definition) is 0.